The Bertz CT molecular complexity index is 1220. The lowest BCUT2D eigenvalue weighted by molar-refractivity contribution is 0.0407. The van der Waals surface area contributed by atoms with Crippen LogP contribution in [0.4, 0.5) is 13.6 Å². The van der Waals surface area contributed by atoms with Crippen LogP contribution in [0, 0.1) is 24.5 Å². The fourth-order valence-electron chi connectivity index (χ4n) is 4.09. The molecule has 1 amide bonds. The van der Waals surface area contributed by atoms with E-state index in [0.717, 1.165) is 11.6 Å². The van der Waals surface area contributed by atoms with Crippen molar-refractivity contribution in [3.63, 3.8) is 0 Å². The highest BCUT2D eigenvalue weighted by Gasteiger charge is 2.31. The molecule has 3 rings (SSSR count). The van der Waals surface area contributed by atoms with Gasteiger partial charge < -0.3 is 14.8 Å². The zero-order valence-electron chi connectivity index (χ0n) is 21.3. The van der Waals surface area contributed by atoms with Crippen LogP contribution in [-0.4, -0.2) is 33.8 Å². The number of ether oxygens (including phenoxy) is 2. The molecule has 0 bridgehead atoms. The van der Waals surface area contributed by atoms with Crippen molar-refractivity contribution in [2.45, 2.75) is 66.0 Å². The van der Waals surface area contributed by atoms with Crippen molar-refractivity contribution in [3.8, 4) is 17.0 Å². The molecule has 0 saturated carbocycles. The molecule has 35 heavy (non-hydrogen) atoms. The first-order valence-corrected chi connectivity index (χ1v) is 11.6. The van der Waals surface area contributed by atoms with Crippen LogP contribution < -0.4 is 10.1 Å². The highest BCUT2D eigenvalue weighted by molar-refractivity contribution is 5.94. The average Bonchev–Trinajstić information content (AvgIpc) is 2.70. The average molecular weight is 486 g/mol. The molecular weight excluding hydrogens is 452 g/mol. The van der Waals surface area contributed by atoms with E-state index >= 15 is 0 Å². The predicted octanol–water partition coefficient (Wildman–Crippen LogP) is 6.59. The second kappa shape index (κ2) is 10.1. The summed E-state index contributed by atoms with van der Waals surface area (Å²) >= 11 is 0. The van der Waals surface area contributed by atoms with Gasteiger partial charge in [-0.25, -0.2) is 13.6 Å². The van der Waals surface area contributed by atoms with E-state index in [1.54, 1.807) is 18.3 Å². The zero-order chi connectivity index (χ0) is 26.0. The molecule has 0 radical (unpaired) electrons. The SMILES string of the molecule is Cc1cc(-c2ccnc3cc(F)cc(F)c23)ncc1OCC(C)(CC(C)C)NC(=O)OC(C)(C)C. The minimum atomic E-state index is -0.694. The molecule has 0 spiro atoms. The van der Waals surface area contributed by atoms with Crippen LogP contribution in [0.1, 0.15) is 53.5 Å². The second-order valence-corrected chi connectivity index (χ2v) is 10.5. The number of rotatable bonds is 7. The fourth-order valence-corrected chi connectivity index (χ4v) is 4.09. The number of carbonyl (C=O) groups is 1. The van der Waals surface area contributed by atoms with Crippen molar-refractivity contribution < 1.29 is 23.0 Å². The maximum Gasteiger partial charge on any atom is 0.408 e. The first kappa shape index (κ1) is 26.3. The lowest BCUT2D eigenvalue weighted by Crippen LogP contribution is -2.52. The van der Waals surface area contributed by atoms with Crippen LogP contribution in [0.2, 0.25) is 0 Å². The molecule has 6 nitrogen and oxygen atoms in total. The van der Waals surface area contributed by atoms with Gasteiger partial charge in [0.1, 0.15) is 29.6 Å². The maximum absolute atomic E-state index is 14.6. The highest BCUT2D eigenvalue weighted by Crippen LogP contribution is 2.31. The summed E-state index contributed by atoms with van der Waals surface area (Å²) in [4.78, 5) is 21.0. The molecule has 0 aliphatic heterocycles. The van der Waals surface area contributed by atoms with Gasteiger partial charge in [0, 0.05) is 29.3 Å². The molecule has 8 heteroatoms. The number of carbonyl (C=O) groups excluding carboxylic acids is 1. The van der Waals surface area contributed by atoms with E-state index < -0.39 is 28.9 Å². The largest absolute Gasteiger partial charge is 0.489 e. The summed E-state index contributed by atoms with van der Waals surface area (Å²) in [5.74, 6) is -0.531. The number of aryl methyl sites for hydroxylation is 1. The van der Waals surface area contributed by atoms with Gasteiger partial charge in [-0.3, -0.25) is 9.97 Å². The third-order valence-corrected chi connectivity index (χ3v) is 5.30. The Balaban J connectivity index is 1.83. The van der Waals surface area contributed by atoms with Crippen molar-refractivity contribution in [2.75, 3.05) is 6.61 Å². The number of nitrogens with zero attached hydrogens (tertiary/aromatic N) is 2. The van der Waals surface area contributed by atoms with E-state index in [-0.39, 0.29) is 17.5 Å². The quantitative estimate of drug-likeness (QED) is 0.409. The number of fused-ring (bicyclic) bond motifs is 1. The normalized spacial score (nSPS) is 13.5. The van der Waals surface area contributed by atoms with E-state index in [2.05, 4.69) is 29.1 Å². The number of nitrogens with one attached hydrogen (secondary N) is 1. The van der Waals surface area contributed by atoms with Crippen LogP contribution >= 0.6 is 0 Å². The second-order valence-electron chi connectivity index (χ2n) is 10.5. The summed E-state index contributed by atoms with van der Waals surface area (Å²) in [5.41, 5.74) is 0.755. The minimum Gasteiger partial charge on any atom is -0.489 e. The number of hydrogen-bond acceptors (Lipinski definition) is 5. The number of alkyl carbamates (subject to hydrolysis) is 1. The number of benzene rings is 1. The topological polar surface area (TPSA) is 73.3 Å². The van der Waals surface area contributed by atoms with Crippen LogP contribution in [0.5, 0.6) is 5.75 Å². The number of hydrogen-bond donors (Lipinski definition) is 1. The minimum absolute atomic E-state index is 0.207. The fraction of sp³-hybridized carbons (Fsp3) is 0.444. The van der Waals surface area contributed by atoms with Gasteiger partial charge in [0.2, 0.25) is 0 Å². The molecule has 0 aliphatic rings. The van der Waals surface area contributed by atoms with Crippen molar-refractivity contribution in [2.24, 2.45) is 5.92 Å². The van der Waals surface area contributed by atoms with Gasteiger partial charge in [-0.1, -0.05) is 13.8 Å². The van der Waals surface area contributed by atoms with Gasteiger partial charge in [-0.2, -0.15) is 0 Å². The number of aromatic nitrogens is 2. The van der Waals surface area contributed by atoms with Crippen molar-refractivity contribution in [3.05, 3.63) is 53.9 Å². The first-order valence-electron chi connectivity index (χ1n) is 11.6. The third-order valence-electron chi connectivity index (χ3n) is 5.30. The third kappa shape index (κ3) is 6.87. The van der Waals surface area contributed by atoms with Crippen LogP contribution in [-0.2, 0) is 4.74 Å². The molecule has 0 saturated heterocycles. The van der Waals surface area contributed by atoms with E-state index in [1.165, 1.54) is 12.3 Å². The number of pyridine rings is 2. The Morgan fingerprint density at radius 1 is 1.11 bits per heavy atom. The van der Waals surface area contributed by atoms with E-state index in [9.17, 15) is 13.6 Å². The van der Waals surface area contributed by atoms with Crippen LogP contribution in [0.15, 0.2) is 36.7 Å². The molecule has 188 valence electrons. The van der Waals surface area contributed by atoms with Gasteiger partial charge in [0.25, 0.3) is 0 Å². The molecule has 1 N–H and O–H groups in total. The Kier molecular flexibility index (Phi) is 7.62. The summed E-state index contributed by atoms with van der Waals surface area (Å²) in [6.45, 7) is 13.6. The summed E-state index contributed by atoms with van der Waals surface area (Å²) < 4.78 is 39.7. The standard InChI is InChI=1S/C27H33F2N3O3/c1-16(2)13-27(7,32-25(33)35-26(4,5)6)15-34-23-14-31-21(10-17(23)3)19-8-9-30-22-12-18(28)11-20(29)24(19)22/h8-12,14,16H,13,15H2,1-7H3,(H,32,33). The van der Waals surface area contributed by atoms with E-state index in [0.29, 0.717) is 29.3 Å². The molecule has 2 aromatic heterocycles. The van der Waals surface area contributed by atoms with E-state index in [4.69, 9.17) is 9.47 Å². The van der Waals surface area contributed by atoms with Gasteiger partial charge in [-0.05, 0) is 64.7 Å². The molecule has 3 aromatic rings. The van der Waals surface area contributed by atoms with Crippen LogP contribution in [0.3, 0.4) is 0 Å². The summed E-state index contributed by atoms with van der Waals surface area (Å²) in [7, 11) is 0. The Hall–Kier alpha value is -3.29. The van der Waals surface area contributed by atoms with Crippen molar-refractivity contribution in [1.29, 1.82) is 0 Å². The Morgan fingerprint density at radius 2 is 1.83 bits per heavy atom. The summed E-state index contributed by atoms with van der Waals surface area (Å²) in [6.07, 6.45) is 3.24. The van der Waals surface area contributed by atoms with Gasteiger partial charge in [0.15, 0.2) is 0 Å². The lowest BCUT2D eigenvalue weighted by atomic mass is 9.91. The molecule has 1 atom stereocenters. The number of amides is 1. The van der Waals surface area contributed by atoms with Crippen molar-refractivity contribution in [1.82, 2.24) is 15.3 Å². The van der Waals surface area contributed by atoms with E-state index in [1.807, 2.05) is 34.6 Å². The smallest absolute Gasteiger partial charge is 0.408 e. The molecule has 2 heterocycles. The zero-order valence-corrected chi connectivity index (χ0v) is 21.3. The first-order chi connectivity index (χ1) is 16.3. The van der Waals surface area contributed by atoms with Gasteiger partial charge in [-0.15, -0.1) is 0 Å². The Morgan fingerprint density at radius 3 is 2.46 bits per heavy atom. The molecular formula is C27H33F2N3O3. The van der Waals surface area contributed by atoms with Gasteiger partial charge in [0.05, 0.1) is 22.9 Å². The highest BCUT2D eigenvalue weighted by atomic mass is 19.1. The van der Waals surface area contributed by atoms with Gasteiger partial charge >= 0.3 is 6.09 Å². The van der Waals surface area contributed by atoms with Crippen molar-refractivity contribution >= 4 is 17.0 Å². The molecule has 0 aliphatic carbocycles. The summed E-state index contributed by atoms with van der Waals surface area (Å²) in [5, 5.41) is 3.16. The summed E-state index contributed by atoms with van der Waals surface area (Å²) in [6, 6.07) is 5.47. The lowest BCUT2D eigenvalue weighted by Gasteiger charge is -2.33. The molecule has 1 unspecified atom stereocenters. The predicted molar refractivity (Wildman–Crippen MR) is 132 cm³/mol. The number of halogens is 2. The van der Waals surface area contributed by atoms with Crippen LogP contribution in [0.25, 0.3) is 22.2 Å². The molecule has 1 aromatic carbocycles. The maximum atomic E-state index is 14.6. The molecule has 0 fully saturated rings. The Labute approximate surface area is 205 Å². The monoisotopic (exact) mass is 485 g/mol.